The van der Waals surface area contributed by atoms with E-state index in [2.05, 4.69) is 28.5 Å². The molecule has 0 N–H and O–H groups in total. The highest BCUT2D eigenvalue weighted by Crippen LogP contribution is 2.27. The number of benzene rings is 1. The Balaban J connectivity index is 1.68. The van der Waals surface area contributed by atoms with Crippen molar-refractivity contribution in [2.45, 2.75) is 31.7 Å². The molecule has 0 saturated carbocycles. The molecule has 1 saturated heterocycles. The summed E-state index contributed by atoms with van der Waals surface area (Å²) in [5.74, 6) is 0.646. The summed E-state index contributed by atoms with van der Waals surface area (Å²) in [4.78, 5) is 21.4. The van der Waals surface area contributed by atoms with Crippen molar-refractivity contribution in [2.24, 2.45) is 0 Å². The lowest BCUT2D eigenvalue weighted by Crippen LogP contribution is -2.39. The van der Waals surface area contributed by atoms with Gasteiger partial charge in [0, 0.05) is 43.5 Å². The zero-order chi connectivity index (χ0) is 19.4. The minimum atomic E-state index is -0.510. The molecule has 1 aromatic carbocycles. The predicted molar refractivity (Wildman–Crippen MR) is 105 cm³/mol. The fourth-order valence-electron chi connectivity index (χ4n) is 3.61. The molecular weight excluding hydrogens is 367 g/mol. The molecule has 7 heteroatoms. The van der Waals surface area contributed by atoms with Gasteiger partial charge in [0.1, 0.15) is 11.6 Å². The molecule has 1 amide bonds. The molecule has 2 aromatic rings. The first-order chi connectivity index (χ1) is 13.0. The van der Waals surface area contributed by atoms with E-state index >= 15 is 0 Å². The third kappa shape index (κ3) is 4.87. The number of rotatable bonds is 6. The first kappa shape index (κ1) is 19.8. The Labute approximate surface area is 164 Å². The summed E-state index contributed by atoms with van der Waals surface area (Å²) >= 11 is 5.84. The summed E-state index contributed by atoms with van der Waals surface area (Å²) in [7, 11) is 4.14. The molecule has 1 aliphatic rings. The van der Waals surface area contributed by atoms with Crippen LogP contribution in [0.3, 0.4) is 0 Å². The number of amides is 1. The van der Waals surface area contributed by atoms with Crippen molar-refractivity contribution in [3.05, 3.63) is 52.8 Å². The maximum absolute atomic E-state index is 13.4. The Kier molecular flexibility index (Phi) is 6.50. The number of aromatic nitrogens is 2. The summed E-state index contributed by atoms with van der Waals surface area (Å²) in [6.45, 7) is 3.27. The van der Waals surface area contributed by atoms with Crippen LogP contribution in [0.5, 0.6) is 0 Å². The van der Waals surface area contributed by atoms with Crippen molar-refractivity contribution in [1.29, 1.82) is 0 Å². The average Bonchev–Trinajstić information content (AvgIpc) is 3.12. The topological polar surface area (TPSA) is 41.4 Å². The minimum absolute atomic E-state index is 0.0224. The van der Waals surface area contributed by atoms with Crippen LogP contribution in [0.15, 0.2) is 30.6 Å². The van der Waals surface area contributed by atoms with Crippen LogP contribution in [-0.4, -0.2) is 59.0 Å². The SMILES string of the molecule is CN(C)CCCn1ccnc1C1CCCN(C(=O)c2ccc(F)c(Cl)c2)C1. The largest absolute Gasteiger partial charge is 0.338 e. The number of hydrogen-bond acceptors (Lipinski definition) is 3. The van der Waals surface area contributed by atoms with E-state index in [9.17, 15) is 9.18 Å². The fourth-order valence-corrected chi connectivity index (χ4v) is 3.79. The van der Waals surface area contributed by atoms with Crippen molar-refractivity contribution in [2.75, 3.05) is 33.7 Å². The number of aryl methyl sites for hydroxylation is 1. The number of piperidine rings is 1. The van der Waals surface area contributed by atoms with Crippen molar-refractivity contribution >= 4 is 17.5 Å². The highest BCUT2D eigenvalue weighted by molar-refractivity contribution is 6.31. The van der Waals surface area contributed by atoms with Gasteiger partial charge in [0.2, 0.25) is 0 Å². The second-order valence-corrected chi connectivity index (χ2v) is 7.76. The Morgan fingerprint density at radius 1 is 1.41 bits per heavy atom. The first-order valence-corrected chi connectivity index (χ1v) is 9.73. The number of imidazole rings is 1. The van der Waals surface area contributed by atoms with Crippen molar-refractivity contribution in [3.8, 4) is 0 Å². The molecule has 0 aliphatic carbocycles. The minimum Gasteiger partial charge on any atom is -0.338 e. The van der Waals surface area contributed by atoms with Crippen LogP contribution in [-0.2, 0) is 6.54 Å². The van der Waals surface area contributed by atoms with E-state index in [4.69, 9.17) is 11.6 Å². The highest BCUT2D eigenvalue weighted by Gasteiger charge is 2.28. The van der Waals surface area contributed by atoms with Crippen molar-refractivity contribution in [1.82, 2.24) is 19.4 Å². The van der Waals surface area contributed by atoms with Gasteiger partial charge in [0.25, 0.3) is 5.91 Å². The molecule has 1 fully saturated rings. The van der Waals surface area contributed by atoms with E-state index < -0.39 is 5.82 Å². The maximum atomic E-state index is 13.4. The first-order valence-electron chi connectivity index (χ1n) is 9.36. The quantitative estimate of drug-likeness (QED) is 0.753. The van der Waals surface area contributed by atoms with E-state index in [1.165, 1.54) is 18.2 Å². The lowest BCUT2D eigenvalue weighted by molar-refractivity contribution is 0.0703. The van der Waals surface area contributed by atoms with Gasteiger partial charge >= 0.3 is 0 Å². The van der Waals surface area contributed by atoms with E-state index in [1.807, 2.05) is 17.3 Å². The standard InChI is InChI=1S/C20H26ClFN4O/c1-24(2)9-4-11-25-12-8-23-19(25)16-5-3-10-26(14-16)20(27)15-6-7-18(22)17(21)13-15/h6-8,12-13,16H,3-5,9-11,14H2,1-2H3. The molecule has 0 spiro atoms. The van der Waals surface area contributed by atoms with Crippen molar-refractivity contribution < 1.29 is 9.18 Å². The van der Waals surface area contributed by atoms with Gasteiger partial charge in [-0.25, -0.2) is 9.37 Å². The normalized spacial score (nSPS) is 17.5. The molecule has 2 heterocycles. The van der Waals surface area contributed by atoms with Crippen LogP contribution in [0.4, 0.5) is 4.39 Å². The molecule has 146 valence electrons. The van der Waals surface area contributed by atoms with Gasteiger partial charge in [-0.3, -0.25) is 4.79 Å². The van der Waals surface area contributed by atoms with Gasteiger partial charge < -0.3 is 14.4 Å². The summed E-state index contributed by atoms with van der Waals surface area (Å²) in [5, 5.41) is -0.0224. The molecule has 0 bridgehead atoms. The summed E-state index contributed by atoms with van der Waals surface area (Å²) in [6, 6.07) is 4.15. The molecular formula is C20H26ClFN4O. The monoisotopic (exact) mass is 392 g/mol. The average molecular weight is 393 g/mol. The third-order valence-electron chi connectivity index (χ3n) is 4.99. The lowest BCUT2D eigenvalue weighted by Gasteiger charge is -2.33. The second kappa shape index (κ2) is 8.85. The van der Waals surface area contributed by atoms with Gasteiger partial charge in [-0.1, -0.05) is 11.6 Å². The van der Waals surface area contributed by atoms with E-state index in [1.54, 1.807) is 0 Å². The van der Waals surface area contributed by atoms with Gasteiger partial charge in [-0.15, -0.1) is 0 Å². The molecule has 5 nitrogen and oxygen atoms in total. The summed E-state index contributed by atoms with van der Waals surface area (Å²) in [6.07, 6.45) is 6.85. The van der Waals surface area contributed by atoms with Crippen LogP contribution in [0.1, 0.15) is 41.4 Å². The number of carbonyl (C=O) groups excluding carboxylic acids is 1. The molecule has 1 aliphatic heterocycles. The van der Waals surface area contributed by atoms with E-state index in [-0.39, 0.29) is 16.8 Å². The van der Waals surface area contributed by atoms with Gasteiger partial charge in [-0.2, -0.15) is 0 Å². The maximum Gasteiger partial charge on any atom is 0.253 e. The smallest absolute Gasteiger partial charge is 0.253 e. The van der Waals surface area contributed by atoms with E-state index in [0.29, 0.717) is 18.7 Å². The molecule has 3 rings (SSSR count). The van der Waals surface area contributed by atoms with E-state index in [0.717, 1.165) is 38.2 Å². The third-order valence-corrected chi connectivity index (χ3v) is 5.28. The number of carbonyl (C=O) groups is 1. The number of hydrogen-bond donors (Lipinski definition) is 0. The van der Waals surface area contributed by atoms with Gasteiger partial charge in [0.15, 0.2) is 0 Å². The van der Waals surface area contributed by atoms with Crippen LogP contribution in [0.25, 0.3) is 0 Å². The van der Waals surface area contributed by atoms with Crippen LogP contribution >= 0.6 is 11.6 Å². The molecule has 1 aromatic heterocycles. The number of nitrogens with zero attached hydrogens (tertiary/aromatic N) is 4. The lowest BCUT2D eigenvalue weighted by atomic mass is 9.96. The molecule has 1 unspecified atom stereocenters. The Bertz CT molecular complexity index is 792. The fraction of sp³-hybridized carbons (Fsp3) is 0.500. The zero-order valence-electron chi connectivity index (χ0n) is 15.9. The molecule has 27 heavy (non-hydrogen) atoms. The Morgan fingerprint density at radius 2 is 2.22 bits per heavy atom. The summed E-state index contributed by atoms with van der Waals surface area (Å²) < 4.78 is 15.6. The Morgan fingerprint density at radius 3 is 2.96 bits per heavy atom. The molecule has 0 radical (unpaired) electrons. The van der Waals surface area contributed by atoms with Gasteiger partial charge in [0.05, 0.1) is 5.02 Å². The molecule has 1 atom stereocenters. The highest BCUT2D eigenvalue weighted by atomic mass is 35.5. The van der Waals surface area contributed by atoms with Crippen LogP contribution in [0.2, 0.25) is 5.02 Å². The number of likely N-dealkylation sites (tertiary alicyclic amines) is 1. The second-order valence-electron chi connectivity index (χ2n) is 7.35. The zero-order valence-corrected chi connectivity index (χ0v) is 16.6. The number of halogens is 2. The van der Waals surface area contributed by atoms with Crippen LogP contribution < -0.4 is 0 Å². The van der Waals surface area contributed by atoms with Crippen molar-refractivity contribution in [3.63, 3.8) is 0 Å². The van der Waals surface area contributed by atoms with Gasteiger partial charge in [-0.05, 0) is 58.1 Å². The predicted octanol–water partition coefficient (Wildman–Crippen LogP) is 3.65. The Hall–Kier alpha value is -1.92. The summed E-state index contributed by atoms with van der Waals surface area (Å²) in [5.41, 5.74) is 0.427. The van der Waals surface area contributed by atoms with Crippen LogP contribution in [0, 0.1) is 5.82 Å².